The van der Waals surface area contributed by atoms with Gasteiger partial charge in [-0.15, -0.1) is 11.3 Å². The molecule has 0 saturated heterocycles. The fourth-order valence-corrected chi connectivity index (χ4v) is 4.96. The van der Waals surface area contributed by atoms with Gasteiger partial charge in [-0.2, -0.15) is 0 Å². The van der Waals surface area contributed by atoms with Gasteiger partial charge in [0.05, 0.1) is 6.54 Å². The number of pyridine rings is 1. The molecule has 35 heavy (non-hydrogen) atoms. The van der Waals surface area contributed by atoms with Gasteiger partial charge in [0, 0.05) is 42.2 Å². The van der Waals surface area contributed by atoms with Crippen molar-refractivity contribution in [1.29, 1.82) is 0 Å². The molecule has 0 radical (unpaired) electrons. The average Bonchev–Trinajstić information content (AvgIpc) is 3.62. The zero-order chi connectivity index (χ0) is 24.6. The van der Waals surface area contributed by atoms with E-state index in [0.717, 1.165) is 30.6 Å². The van der Waals surface area contributed by atoms with E-state index in [4.69, 9.17) is 4.52 Å². The number of hydrogen-bond donors (Lipinski definition) is 2. The standard InChI is InChI=1S/C25H29N5O4S/c1-17-15-21(29-34-17)28-22(31)8-9-23(32)30(16-20-7-4-14-35-20)24(18-10-12-26-13-11-18)25(33)27-19-5-2-3-6-19/h4,7,10-15,19,24H,2-3,5-6,8-9,16H2,1H3,(H,27,33)(H,28,29,31)/t24-/m0/s1. The third-order valence-corrected chi connectivity index (χ3v) is 6.83. The third kappa shape index (κ3) is 6.75. The van der Waals surface area contributed by atoms with Crippen LogP contribution in [0.2, 0.25) is 0 Å². The Bertz CT molecular complexity index is 1130. The fraction of sp³-hybridized carbons (Fsp3) is 0.400. The molecule has 1 saturated carbocycles. The highest BCUT2D eigenvalue weighted by molar-refractivity contribution is 7.09. The summed E-state index contributed by atoms with van der Waals surface area (Å²) in [5.41, 5.74) is 0.683. The summed E-state index contributed by atoms with van der Waals surface area (Å²) in [5.74, 6) is 0.0374. The van der Waals surface area contributed by atoms with Gasteiger partial charge >= 0.3 is 0 Å². The first-order valence-corrected chi connectivity index (χ1v) is 12.6. The molecule has 0 bridgehead atoms. The lowest BCUT2D eigenvalue weighted by molar-refractivity contribution is -0.142. The van der Waals surface area contributed by atoms with Gasteiger partial charge in [0.25, 0.3) is 0 Å². The smallest absolute Gasteiger partial charge is 0.247 e. The Hall–Kier alpha value is -3.53. The predicted octanol–water partition coefficient (Wildman–Crippen LogP) is 3.99. The number of amides is 3. The predicted molar refractivity (Wildman–Crippen MR) is 131 cm³/mol. The van der Waals surface area contributed by atoms with Gasteiger partial charge in [-0.05, 0) is 48.9 Å². The van der Waals surface area contributed by atoms with E-state index in [9.17, 15) is 14.4 Å². The van der Waals surface area contributed by atoms with E-state index < -0.39 is 6.04 Å². The number of rotatable bonds is 10. The van der Waals surface area contributed by atoms with Crippen molar-refractivity contribution in [3.8, 4) is 0 Å². The van der Waals surface area contributed by atoms with Crippen LogP contribution in [0.3, 0.4) is 0 Å². The summed E-state index contributed by atoms with van der Waals surface area (Å²) >= 11 is 1.52. The summed E-state index contributed by atoms with van der Waals surface area (Å²) in [7, 11) is 0. The van der Waals surface area contributed by atoms with Gasteiger partial charge in [-0.1, -0.05) is 24.1 Å². The lowest BCUT2D eigenvalue weighted by atomic mass is 10.0. The molecule has 3 amide bonds. The van der Waals surface area contributed by atoms with Crippen LogP contribution in [-0.2, 0) is 20.9 Å². The highest BCUT2D eigenvalue weighted by Gasteiger charge is 2.33. The van der Waals surface area contributed by atoms with E-state index in [0.29, 0.717) is 17.1 Å². The summed E-state index contributed by atoms with van der Waals surface area (Å²) in [4.78, 5) is 46.1. The molecule has 1 aliphatic rings. The van der Waals surface area contributed by atoms with Crippen molar-refractivity contribution in [3.63, 3.8) is 0 Å². The van der Waals surface area contributed by atoms with E-state index in [2.05, 4.69) is 20.8 Å². The van der Waals surface area contributed by atoms with E-state index in [1.54, 1.807) is 42.4 Å². The second-order valence-electron chi connectivity index (χ2n) is 8.65. The van der Waals surface area contributed by atoms with Crippen molar-refractivity contribution >= 4 is 34.9 Å². The van der Waals surface area contributed by atoms with Crippen LogP contribution in [0, 0.1) is 6.92 Å². The van der Waals surface area contributed by atoms with Crippen LogP contribution in [-0.4, -0.2) is 38.8 Å². The van der Waals surface area contributed by atoms with E-state index in [1.807, 2.05) is 17.5 Å². The quantitative estimate of drug-likeness (QED) is 0.439. The molecule has 0 spiro atoms. The maximum absolute atomic E-state index is 13.5. The summed E-state index contributed by atoms with van der Waals surface area (Å²) < 4.78 is 4.96. The van der Waals surface area contributed by atoms with Gasteiger partial charge in [-0.3, -0.25) is 19.4 Å². The van der Waals surface area contributed by atoms with Crippen molar-refractivity contribution in [1.82, 2.24) is 20.4 Å². The van der Waals surface area contributed by atoms with Crippen molar-refractivity contribution < 1.29 is 18.9 Å². The van der Waals surface area contributed by atoms with Crippen LogP contribution in [0.5, 0.6) is 0 Å². The normalized spacial score (nSPS) is 14.4. The summed E-state index contributed by atoms with van der Waals surface area (Å²) in [6.45, 7) is 2.00. The molecule has 2 N–H and O–H groups in total. The zero-order valence-electron chi connectivity index (χ0n) is 19.6. The largest absolute Gasteiger partial charge is 0.360 e. The monoisotopic (exact) mass is 495 g/mol. The number of carbonyl (C=O) groups excluding carboxylic acids is 3. The first kappa shape index (κ1) is 24.6. The third-order valence-electron chi connectivity index (χ3n) is 5.97. The highest BCUT2D eigenvalue weighted by Crippen LogP contribution is 2.27. The molecule has 9 nitrogen and oxygen atoms in total. The van der Waals surface area contributed by atoms with Crippen molar-refractivity contribution in [2.45, 2.75) is 64.1 Å². The lowest BCUT2D eigenvalue weighted by Crippen LogP contribution is -2.45. The van der Waals surface area contributed by atoms with E-state index >= 15 is 0 Å². The molecule has 0 aliphatic heterocycles. The van der Waals surface area contributed by atoms with Crippen molar-refractivity contribution in [2.24, 2.45) is 0 Å². The Morgan fingerprint density at radius 1 is 1.17 bits per heavy atom. The molecule has 1 fully saturated rings. The molecule has 3 aromatic rings. The Kier molecular flexibility index (Phi) is 8.25. The molecular formula is C25H29N5O4S. The zero-order valence-corrected chi connectivity index (χ0v) is 20.4. The maximum Gasteiger partial charge on any atom is 0.247 e. The minimum Gasteiger partial charge on any atom is -0.360 e. The Labute approximate surface area is 207 Å². The second kappa shape index (κ2) is 11.7. The number of aryl methyl sites for hydroxylation is 1. The lowest BCUT2D eigenvalue weighted by Gasteiger charge is -2.32. The molecule has 3 heterocycles. The SMILES string of the molecule is Cc1cc(NC(=O)CCC(=O)N(Cc2cccs2)[C@H](C(=O)NC2CCCC2)c2ccncc2)no1. The van der Waals surface area contributed by atoms with Crippen LogP contribution in [0.25, 0.3) is 0 Å². The first-order valence-electron chi connectivity index (χ1n) is 11.7. The molecule has 184 valence electrons. The number of hydrogen-bond acceptors (Lipinski definition) is 7. The van der Waals surface area contributed by atoms with Crippen LogP contribution >= 0.6 is 11.3 Å². The topological polar surface area (TPSA) is 117 Å². The number of nitrogens with zero attached hydrogens (tertiary/aromatic N) is 3. The number of aromatic nitrogens is 2. The fourth-order valence-electron chi connectivity index (χ4n) is 4.26. The van der Waals surface area contributed by atoms with E-state index in [1.165, 1.54) is 11.3 Å². The number of carbonyl (C=O) groups is 3. The average molecular weight is 496 g/mol. The summed E-state index contributed by atoms with van der Waals surface area (Å²) in [6.07, 6.45) is 7.19. The van der Waals surface area contributed by atoms with Crippen LogP contribution in [0.15, 0.2) is 52.6 Å². The van der Waals surface area contributed by atoms with Crippen LogP contribution < -0.4 is 10.6 Å². The summed E-state index contributed by atoms with van der Waals surface area (Å²) in [6, 6.07) is 8.26. The molecular weight excluding hydrogens is 466 g/mol. The minimum absolute atomic E-state index is 0.0427. The molecule has 0 unspecified atom stereocenters. The molecule has 4 rings (SSSR count). The first-order chi connectivity index (χ1) is 17.0. The Morgan fingerprint density at radius 2 is 1.94 bits per heavy atom. The molecule has 1 atom stereocenters. The van der Waals surface area contributed by atoms with Crippen molar-refractivity contribution in [2.75, 3.05) is 5.32 Å². The Morgan fingerprint density at radius 3 is 2.60 bits per heavy atom. The van der Waals surface area contributed by atoms with E-state index in [-0.39, 0.29) is 43.1 Å². The van der Waals surface area contributed by atoms with Gasteiger partial charge in [0.2, 0.25) is 17.7 Å². The van der Waals surface area contributed by atoms with Crippen LogP contribution in [0.1, 0.15) is 60.8 Å². The summed E-state index contributed by atoms with van der Waals surface area (Å²) in [5, 5.41) is 11.5. The number of anilines is 1. The number of thiophene rings is 1. The van der Waals surface area contributed by atoms with Gasteiger partial charge in [-0.25, -0.2) is 0 Å². The molecule has 10 heteroatoms. The minimum atomic E-state index is -0.825. The van der Waals surface area contributed by atoms with Gasteiger partial charge < -0.3 is 20.1 Å². The molecule has 0 aromatic carbocycles. The van der Waals surface area contributed by atoms with Gasteiger partial charge in [0.15, 0.2) is 5.82 Å². The van der Waals surface area contributed by atoms with Gasteiger partial charge in [0.1, 0.15) is 11.8 Å². The Balaban J connectivity index is 1.53. The van der Waals surface area contributed by atoms with Crippen LogP contribution in [0.4, 0.5) is 5.82 Å². The molecule has 3 aromatic heterocycles. The second-order valence-corrected chi connectivity index (χ2v) is 9.68. The highest BCUT2D eigenvalue weighted by atomic mass is 32.1. The maximum atomic E-state index is 13.5. The molecule has 1 aliphatic carbocycles. The van der Waals surface area contributed by atoms with Crippen molar-refractivity contribution in [3.05, 3.63) is 64.3 Å². The number of nitrogens with one attached hydrogen (secondary N) is 2.